The van der Waals surface area contributed by atoms with Crippen molar-refractivity contribution in [3.63, 3.8) is 0 Å². The third-order valence-electron chi connectivity index (χ3n) is 2.20. The van der Waals surface area contributed by atoms with Crippen molar-refractivity contribution in [3.05, 3.63) is 41.3 Å². The molecule has 0 unspecified atom stereocenters. The van der Waals surface area contributed by atoms with Crippen LogP contribution >= 0.6 is 22.9 Å². The first kappa shape index (κ1) is 10.5. The van der Waals surface area contributed by atoms with E-state index >= 15 is 0 Å². The van der Waals surface area contributed by atoms with Gasteiger partial charge in [-0.05, 0) is 29.1 Å². The number of thiophene rings is 1. The summed E-state index contributed by atoms with van der Waals surface area (Å²) < 4.78 is 5.33. The average Bonchev–Trinajstić information content (AvgIpc) is 2.81. The Bertz CT molecular complexity index is 437. The molecule has 0 aliphatic heterocycles. The maximum absolute atomic E-state index is 5.82. The molecule has 0 saturated carbocycles. The number of methoxy groups -OCH3 is 1. The summed E-state index contributed by atoms with van der Waals surface area (Å²) in [5, 5.41) is 2.06. The number of benzene rings is 1. The van der Waals surface area contributed by atoms with Crippen molar-refractivity contribution in [2.24, 2.45) is 0 Å². The molecular weight excluding hydrogens is 228 g/mol. The fourth-order valence-corrected chi connectivity index (χ4v) is 2.38. The van der Waals surface area contributed by atoms with Crippen molar-refractivity contribution in [1.82, 2.24) is 0 Å². The molecule has 0 saturated heterocycles. The number of hydrogen-bond acceptors (Lipinski definition) is 2. The monoisotopic (exact) mass is 238 g/mol. The Morgan fingerprint density at radius 1 is 1.33 bits per heavy atom. The Morgan fingerprint density at radius 3 is 2.80 bits per heavy atom. The third kappa shape index (κ3) is 2.16. The van der Waals surface area contributed by atoms with E-state index in [4.69, 9.17) is 16.3 Å². The maximum atomic E-state index is 5.82. The summed E-state index contributed by atoms with van der Waals surface area (Å²) in [6, 6.07) is 10.2. The lowest BCUT2D eigenvalue weighted by molar-refractivity contribution is 0.416. The number of halogens is 1. The maximum Gasteiger partial charge on any atom is 0.127 e. The molecule has 3 heteroatoms. The first-order chi connectivity index (χ1) is 7.35. The fourth-order valence-electron chi connectivity index (χ4n) is 1.46. The van der Waals surface area contributed by atoms with Crippen LogP contribution < -0.4 is 4.74 Å². The zero-order chi connectivity index (χ0) is 10.7. The molecule has 0 atom stereocenters. The Morgan fingerprint density at radius 2 is 2.20 bits per heavy atom. The quantitative estimate of drug-likeness (QED) is 0.730. The summed E-state index contributed by atoms with van der Waals surface area (Å²) in [5.74, 6) is 1.42. The molecule has 0 bridgehead atoms. The van der Waals surface area contributed by atoms with Gasteiger partial charge in [0.1, 0.15) is 5.75 Å². The lowest BCUT2D eigenvalue weighted by Gasteiger charge is -2.08. The largest absolute Gasteiger partial charge is 0.496 e. The predicted octanol–water partition coefficient (Wildman–Crippen LogP) is 4.16. The van der Waals surface area contributed by atoms with Crippen molar-refractivity contribution < 1.29 is 4.74 Å². The van der Waals surface area contributed by atoms with Crippen LogP contribution in [-0.4, -0.2) is 7.11 Å². The van der Waals surface area contributed by atoms with E-state index in [0.717, 1.165) is 16.9 Å². The topological polar surface area (TPSA) is 9.23 Å². The van der Waals surface area contributed by atoms with E-state index in [0.29, 0.717) is 5.88 Å². The Balaban J connectivity index is 2.52. The highest BCUT2D eigenvalue weighted by molar-refractivity contribution is 7.13. The van der Waals surface area contributed by atoms with E-state index in [1.807, 2.05) is 18.2 Å². The Labute approximate surface area is 98.3 Å². The van der Waals surface area contributed by atoms with Crippen LogP contribution in [0, 0.1) is 0 Å². The first-order valence-corrected chi connectivity index (χ1v) is 6.03. The van der Waals surface area contributed by atoms with Gasteiger partial charge in [0.15, 0.2) is 0 Å². The average molecular weight is 239 g/mol. The minimum Gasteiger partial charge on any atom is -0.496 e. The van der Waals surface area contributed by atoms with Crippen LogP contribution in [0.25, 0.3) is 10.4 Å². The second-order valence-corrected chi connectivity index (χ2v) is 4.36. The molecular formula is C12H11ClOS. The molecule has 2 rings (SSSR count). The van der Waals surface area contributed by atoms with E-state index in [2.05, 4.69) is 17.5 Å². The molecule has 0 fully saturated rings. The summed E-state index contributed by atoms with van der Waals surface area (Å²) >= 11 is 7.52. The number of alkyl halides is 1. The molecule has 78 valence electrons. The van der Waals surface area contributed by atoms with Gasteiger partial charge in [-0.15, -0.1) is 22.9 Å². The van der Waals surface area contributed by atoms with E-state index in [-0.39, 0.29) is 0 Å². The third-order valence-corrected chi connectivity index (χ3v) is 3.42. The van der Waals surface area contributed by atoms with Gasteiger partial charge in [-0.3, -0.25) is 0 Å². The van der Waals surface area contributed by atoms with Crippen LogP contribution in [0.15, 0.2) is 35.7 Å². The van der Waals surface area contributed by atoms with Crippen molar-refractivity contribution >= 4 is 22.9 Å². The first-order valence-electron chi connectivity index (χ1n) is 4.62. The lowest BCUT2D eigenvalue weighted by atomic mass is 10.1. The molecule has 1 aromatic heterocycles. The summed E-state index contributed by atoms with van der Waals surface area (Å²) in [6.45, 7) is 0. The summed E-state index contributed by atoms with van der Waals surface area (Å²) in [7, 11) is 1.69. The molecule has 1 aromatic carbocycles. The van der Waals surface area contributed by atoms with E-state index in [1.165, 1.54) is 4.88 Å². The zero-order valence-corrected chi connectivity index (χ0v) is 9.94. The highest BCUT2D eigenvalue weighted by Crippen LogP contribution is 2.34. The number of ether oxygens (including phenoxy) is 1. The molecule has 1 heterocycles. The molecule has 1 nitrogen and oxygen atoms in total. The second-order valence-electron chi connectivity index (χ2n) is 3.15. The van der Waals surface area contributed by atoms with Crippen molar-refractivity contribution in [2.45, 2.75) is 5.88 Å². The standard InChI is InChI=1S/C12H11ClOS/c1-14-11-5-4-9(8-13)7-10(11)12-3-2-6-15-12/h2-7H,8H2,1H3. The second kappa shape index (κ2) is 4.69. The summed E-state index contributed by atoms with van der Waals surface area (Å²) in [6.07, 6.45) is 0. The molecule has 0 radical (unpaired) electrons. The fraction of sp³-hybridized carbons (Fsp3) is 0.167. The van der Waals surface area contributed by atoms with E-state index < -0.39 is 0 Å². The minimum atomic E-state index is 0.530. The van der Waals surface area contributed by atoms with Crippen molar-refractivity contribution in [1.29, 1.82) is 0 Å². The normalized spacial score (nSPS) is 10.3. The van der Waals surface area contributed by atoms with Crippen molar-refractivity contribution in [2.75, 3.05) is 7.11 Å². The van der Waals surface area contributed by atoms with Crippen molar-refractivity contribution in [3.8, 4) is 16.2 Å². The van der Waals surface area contributed by atoms with Crippen LogP contribution in [0.1, 0.15) is 5.56 Å². The molecule has 2 aromatic rings. The van der Waals surface area contributed by atoms with Crippen LogP contribution in [0.4, 0.5) is 0 Å². The van der Waals surface area contributed by atoms with Gasteiger partial charge in [-0.1, -0.05) is 12.1 Å². The minimum absolute atomic E-state index is 0.530. The van der Waals surface area contributed by atoms with Gasteiger partial charge in [0.2, 0.25) is 0 Å². The highest BCUT2D eigenvalue weighted by Gasteiger charge is 2.07. The predicted molar refractivity (Wildman–Crippen MR) is 65.9 cm³/mol. The van der Waals surface area contributed by atoms with Gasteiger partial charge in [-0.2, -0.15) is 0 Å². The molecule has 0 aliphatic rings. The summed E-state index contributed by atoms with van der Waals surface area (Å²) in [4.78, 5) is 1.21. The van der Waals surface area contributed by atoms with Gasteiger partial charge in [0.25, 0.3) is 0 Å². The van der Waals surface area contributed by atoms with Gasteiger partial charge >= 0.3 is 0 Å². The smallest absolute Gasteiger partial charge is 0.127 e. The molecule has 15 heavy (non-hydrogen) atoms. The SMILES string of the molecule is COc1ccc(CCl)cc1-c1cccs1. The van der Waals surface area contributed by atoms with Gasteiger partial charge < -0.3 is 4.74 Å². The Hall–Kier alpha value is -0.990. The van der Waals surface area contributed by atoms with Crippen LogP contribution in [-0.2, 0) is 5.88 Å². The van der Waals surface area contributed by atoms with E-state index in [1.54, 1.807) is 18.4 Å². The zero-order valence-electron chi connectivity index (χ0n) is 8.37. The molecule has 0 aliphatic carbocycles. The van der Waals surface area contributed by atoms with E-state index in [9.17, 15) is 0 Å². The molecule has 0 spiro atoms. The Kier molecular flexibility index (Phi) is 3.29. The number of rotatable bonds is 3. The van der Waals surface area contributed by atoms with Gasteiger partial charge in [0, 0.05) is 16.3 Å². The molecule has 0 amide bonds. The van der Waals surface area contributed by atoms with Crippen LogP contribution in [0.2, 0.25) is 0 Å². The van der Waals surface area contributed by atoms with Gasteiger partial charge in [0.05, 0.1) is 7.11 Å². The van der Waals surface area contributed by atoms with Crippen LogP contribution in [0.5, 0.6) is 5.75 Å². The lowest BCUT2D eigenvalue weighted by Crippen LogP contribution is -1.88. The van der Waals surface area contributed by atoms with Crippen LogP contribution in [0.3, 0.4) is 0 Å². The summed E-state index contributed by atoms with van der Waals surface area (Å²) in [5.41, 5.74) is 2.23. The van der Waals surface area contributed by atoms with Gasteiger partial charge in [-0.25, -0.2) is 0 Å². The molecule has 0 N–H and O–H groups in total. The highest BCUT2D eigenvalue weighted by atomic mass is 35.5. The number of hydrogen-bond donors (Lipinski definition) is 0.